The molecule has 1 aliphatic heterocycles. The van der Waals surface area contributed by atoms with Crippen molar-refractivity contribution in [2.24, 2.45) is 0 Å². The minimum Gasteiger partial charge on any atom is -0.479 e. The van der Waals surface area contributed by atoms with Crippen LogP contribution in [0.1, 0.15) is 63.0 Å². The number of aliphatic hydroxyl groups excluding tert-OH is 1. The van der Waals surface area contributed by atoms with Crippen molar-refractivity contribution in [3.05, 3.63) is 52.9 Å². The van der Waals surface area contributed by atoms with Gasteiger partial charge in [-0.1, -0.05) is 45.0 Å². The number of aromatic nitrogens is 2. The molecule has 0 spiro atoms. The Morgan fingerprint density at radius 3 is 2.54 bits per heavy atom. The van der Waals surface area contributed by atoms with Crippen molar-refractivity contribution in [2.75, 3.05) is 20.8 Å². The Hall–Kier alpha value is -3.24. The normalized spacial score (nSPS) is 15.1. The standard InChI is InChI=1S/C24H28N4O4S.C2H6.CH4O/c1-4-18(20-12-21(31-3)27-32-20)24(30)28-11-5-6-19(28)23(29)25-13-16-7-9-17(10-8-16)22-15(2)26-14-33-22;2*1-2/h7-10,12,14,18-19H,4-6,11,13H2,1-3H3,(H,25,29);1-2H3;2H,1H3. The van der Waals surface area contributed by atoms with E-state index in [4.69, 9.17) is 14.4 Å². The van der Waals surface area contributed by atoms with Gasteiger partial charge in [-0.15, -0.1) is 11.3 Å². The van der Waals surface area contributed by atoms with Gasteiger partial charge < -0.3 is 24.6 Å². The van der Waals surface area contributed by atoms with Crippen LogP contribution in [0.15, 0.2) is 40.4 Å². The number of rotatable bonds is 8. The summed E-state index contributed by atoms with van der Waals surface area (Å²) < 4.78 is 10.4. The van der Waals surface area contributed by atoms with E-state index in [0.29, 0.717) is 37.6 Å². The lowest BCUT2D eigenvalue weighted by Crippen LogP contribution is -2.47. The van der Waals surface area contributed by atoms with Crippen molar-refractivity contribution < 1.29 is 24.0 Å². The smallest absolute Gasteiger partial charge is 0.254 e. The van der Waals surface area contributed by atoms with Crippen molar-refractivity contribution in [3.8, 4) is 16.3 Å². The summed E-state index contributed by atoms with van der Waals surface area (Å²) in [5.74, 6) is 0.0640. The molecule has 2 N–H and O–H groups in total. The summed E-state index contributed by atoms with van der Waals surface area (Å²) in [6.07, 6.45) is 1.99. The Kier molecular flexibility index (Phi) is 12.2. The van der Waals surface area contributed by atoms with Gasteiger partial charge in [-0.05, 0) is 42.5 Å². The number of ether oxygens (including phenoxy) is 1. The molecule has 37 heavy (non-hydrogen) atoms. The second-order valence-corrected chi connectivity index (χ2v) is 8.96. The van der Waals surface area contributed by atoms with Crippen LogP contribution in [0.4, 0.5) is 0 Å². The highest BCUT2D eigenvalue weighted by Crippen LogP contribution is 2.30. The molecular formula is C27H38N4O5S. The van der Waals surface area contributed by atoms with Crippen LogP contribution in [-0.4, -0.2) is 58.8 Å². The van der Waals surface area contributed by atoms with Crippen molar-refractivity contribution >= 4 is 23.2 Å². The van der Waals surface area contributed by atoms with E-state index in [9.17, 15) is 9.59 Å². The van der Waals surface area contributed by atoms with Crippen LogP contribution in [-0.2, 0) is 16.1 Å². The molecule has 1 aliphatic rings. The zero-order valence-electron chi connectivity index (χ0n) is 22.5. The van der Waals surface area contributed by atoms with Crippen LogP contribution in [0.2, 0.25) is 0 Å². The Labute approximate surface area is 222 Å². The third-order valence-corrected chi connectivity index (χ3v) is 7.01. The number of likely N-dealkylation sites (tertiary alicyclic amines) is 1. The second-order valence-electron chi connectivity index (χ2n) is 8.10. The molecule has 2 unspecified atom stereocenters. The topological polar surface area (TPSA) is 118 Å². The zero-order valence-corrected chi connectivity index (χ0v) is 23.3. The fraction of sp³-hybridized carbons (Fsp3) is 0.481. The number of hydrogen-bond donors (Lipinski definition) is 2. The van der Waals surface area contributed by atoms with Crippen LogP contribution in [0.25, 0.3) is 10.4 Å². The Bertz CT molecular complexity index is 1110. The minimum absolute atomic E-state index is 0.113. The van der Waals surface area contributed by atoms with Crippen molar-refractivity contribution in [1.82, 2.24) is 20.4 Å². The molecule has 10 heteroatoms. The van der Waals surface area contributed by atoms with Crippen molar-refractivity contribution in [1.29, 1.82) is 0 Å². The minimum atomic E-state index is -0.488. The van der Waals surface area contributed by atoms with Gasteiger partial charge in [0, 0.05) is 26.3 Å². The molecule has 2 atom stereocenters. The predicted octanol–water partition coefficient (Wildman–Crippen LogP) is 4.55. The van der Waals surface area contributed by atoms with Crippen LogP contribution in [0.5, 0.6) is 5.88 Å². The van der Waals surface area contributed by atoms with E-state index in [-0.39, 0.29) is 11.8 Å². The maximum absolute atomic E-state index is 13.3. The largest absolute Gasteiger partial charge is 0.479 e. The van der Waals surface area contributed by atoms with E-state index in [2.05, 4.69) is 15.5 Å². The van der Waals surface area contributed by atoms with E-state index >= 15 is 0 Å². The molecule has 3 aromatic rings. The van der Waals surface area contributed by atoms with Crippen LogP contribution in [0, 0.1) is 6.92 Å². The second kappa shape index (κ2) is 15.1. The molecular weight excluding hydrogens is 492 g/mol. The molecule has 1 fully saturated rings. The summed E-state index contributed by atoms with van der Waals surface area (Å²) in [5, 5.41) is 13.8. The summed E-state index contributed by atoms with van der Waals surface area (Å²) in [4.78, 5) is 33.3. The molecule has 0 saturated carbocycles. The van der Waals surface area contributed by atoms with Gasteiger partial charge in [0.25, 0.3) is 5.88 Å². The number of carbonyl (C=O) groups excluding carboxylic acids is 2. The first-order valence-corrected chi connectivity index (χ1v) is 13.4. The molecule has 2 amide bonds. The number of methoxy groups -OCH3 is 1. The van der Waals surface area contributed by atoms with E-state index in [1.165, 1.54) is 7.11 Å². The van der Waals surface area contributed by atoms with E-state index in [1.54, 1.807) is 22.3 Å². The van der Waals surface area contributed by atoms with Gasteiger partial charge >= 0.3 is 0 Å². The quantitative estimate of drug-likeness (QED) is 0.439. The molecule has 1 aromatic carbocycles. The van der Waals surface area contributed by atoms with Gasteiger partial charge in [0.2, 0.25) is 11.8 Å². The first-order valence-electron chi connectivity index (χ1n) is 12.5. The maximum atomic E-state index is 13.3. The highest BCUT2D eigenvalue weighted by molar-refractivity contribution is 7.13. The van der Waals surface area contributed by atoms with Gasteiger partial charge in [-0.2, -0.15) is 0 Å². The van der Waals surface area contributed by atoms with Gasteiger partial charge in [0.15, 0.2) is 5.76 Å². The van der Waals surface area contributed by atoms with Gasteiger partial charge in [0.1, 0.15) is 6.04 Å². The number of thiazole rings is 1. The zero-order chi connectivity index (χ0) is 27.4. The van der Waals surface area contributed by atoms with Crippen LogP contribution < -0.4 is 10.1 Å². The lowest BCUT2D eigenvalue weighted by atomic mass is 10.0. The molecule has 4 rings (SSSR count). The number of aliphatic hydroxyl groups is 1. The lowest BCUT2D eigenvalue weighted by Gasteiger charge is -2.27. The van der Waals surface area contributed by atoms with Crippen LogP contribution >= 0.6 is 11.3 Å². The van der Waals surface area contributed by atoms with Gasteiger partial charge in [0.05, 0.1) is 29.1 Å². The van der Waals surface area contributed by atoms with E-state index in [0.717, 1.165) is 35.2 Å². The number of aryl methyl sites for hydroxylation is 1. The number of nitrogens with zero attached hydrogens (tertiary/aromatic N) is 3. The third kappa shape index (κ3) is 7.39. The molecule has 0 radical (unpaired) electrons. The lowest BCUT2D eigenvalue weighted by molar-refractivity contribution is -0.140. The first-order chi connectivity index (χ1) is 18.0. The number of carbonyl (C=O) groups is 2. The molecule has 3 heterocycles. The van der Waals surface area contributed by atoms with E-state index in [1.807, 2.05) is 57.5 Å². The monoisotopic (exact) mass is 530 g/mol. The molecule has 9 nitrogen and oxygen atoms in total. The number of hydrogen-bond acceptors (Lipinski definition) is 8. The molecule has 2 aromatic heterocycles. The first kappa shape index (κ1) is 30.0. The number of amides is 2. The number of benzene rings is 1. The van der Waals surface area contributed by atoms with Crippen molar-refractivity contribution in [3.63, 3.8) is 0 Å². The number of nitrogens with one attached hydrogen (secondary N) is 1. The fourth-order valence-corrected chi connectivity index (χ4v) is 5.00. The summed E-state index contributed by atoms with van der Waals surface area (Å²) in [6, 6.07) is 9.27. The van der Waals surface area contributed by atoms with Crippen molar-refractivity contribution in [2.45, 2.75) is 65.5 Å². The Morgan fingerprint density at radius 2 is 1.97 bits per heavy atom. The van der Waals surface area contributed by atoms with Crippen LogP contribution in [0.3, 0.4) is 0 Å². The summed E-state index contributed by atoms with van der Waals surface area (Å²) >= 11 is 1.62. The average Bonchev–Trinajstić information content (AvgIpc) is 3.71. The van der Waals surface area contributed by atoms with Gasteiger partial charge in [-0.3, -0.25) is 9.59 Å². The SMILES string of the molecule is CC.CCC(C(=O)N1CCCC1C(=O)NCc1ccc(-c2scnc2C)cc1)c1cc(OC)no1.CO. The molecule has 202 valence electrons. The molecule has 0 aliphatic carbocycles. The highest BCUT2D eigenvalue weighted by Gasteiger charge is 2.38. The summed E-state index contributed by atoms with van der Waals surface area (Å²) in [5.41, 5.74) is 4.98. The summed E-state index contributed by atoms with van der Waals surface area (Å²) in [7, 11) is 2.50. The summed E-state index contributed by atoms with van der Waals surface area (Å²) in [6.45, 7) is 8.88. The average molecular weight is 531 g/mol. The highest BCUT2D eigenvalue weighted by atomic mass is 32.1. The molecule has 1 saturated heterocycles. The Balaban J connectivity index is 0.00000115. The Morgan fingerprint density at radius 1 is 1.27 bits per heavy atom. The maximum Gasteiger partial charge on any atom is 0.254 e. The van der Waals surface area contributed by atoms with Gasteiger partial charge in [-0.25, -0.2) is 4.98 Å². The molecule has 0 bridgehead atoms. The van der Waals surface area contributed by atoms with E-state index < -0.39 is 12.0 Å². The fourth-order valence-electron chi connectivity index (χ4n) is 4.19. The predicted molar refractivity (Wildman–Crippen MR) is 144 cm³/mol. The third-order valence-electron chi connectivity index (χ3n) is 6.03.